The lowest BCUT2D eigenvalue weighted by Crippen LogP contribution is -2.17. The third-order valence-corrected chi connectivity index (χ3v) is 2.55. The Bertz CT molecular complexity index is 480. The molecular formula is C11H16N4O. The second-order valence-electron chi connectivity index (χ2n) is 3.74. The zero-order chi connectivity index (χ0) is 11.5. The minimum atomic E-state index is -0.709. The van der Waals surface area contributed by atoms with Crippen LogP contribution in [0.15, 0.2) is 18.5 Å². The number of aryl methyl sites for hydroxylation is 1. The summed E-state index contributed by atoms with van der Waals surface area (Å²) < 4.78 is 2.01. The summed E-state index contributed by atoms with van der Waals surface area (Å²) in [7, 11) is 0. The van der Waals surface area contributed by atoms with E-state index in [0.717, 1.165) is 24.0 Å². The molecule has 0 aliphatic rings. The number of hydrogen-bond acceptors (Lipinski definition) is 4. The summed E-state index contributed by atoms with van der Waals surface area (Å²) in [4.78, 5) is 8.40. The lowest BCUT2D eigenvalue weighted by atomic mass is 10.3. The topological polar surface area (TPSA) is 77.0 Å². The highest BCUT2D eigenvalue weighted by Crippen LogP contribution is 2.19. The second-order valence-corrected chi connectivity index (χ2v) is 3.74. The van der Waals surface area contributed by atoms with Crippen LogP contribution >= 0.6 is 0 Å². The largest absolute Gasteiger partial charge is 0.384 e. The number of aliphatic hydroxyl groups excluding tert-OH is 1. The average Bonchev–Trinajstić information content (AvgIpc) is 2.68. The lowest BCUT2D eigenvalue weighted by molar-refractivity contribution is 0.172. The van der Waals surface area contributed by atoms with Crippen LogP contribution in [0.5, 0.6) is 0 Å². The van der Waals surface area contributed by atoms with Crippen LogP contribution in [0.2, 0.25) is 0 Å². The molecule has 2 heterocycles. The van der Waals surface area contributed by atoms with E-state index in [4.69, 9.17) is 5.73 Å². The first-order valence-electron chi connectivity index (χ1n) is 5.46. The van der Waals surface area contributed by atoms with Crippen molar-refractivity contribution in [2.75, 3.05) is 6.54 Å². The first-order chi connectivity index (χ1) is 7.77. The maximum Gasteiger partial charge on any atom is 0.140 e. The monoisotopic (exact) mass is 220 g/mol. The molecule has 2 aromatic rings. The molecule has 0 bridgehead atoms. The van der Waals surface area contributed by atoms with Gasteiger partial charge in [-0.1, -0.05) is 6.92 Å². The molecule has 2 rings (SSSR count). The van der Waals surface area contributed by atoms with Crippen LogP contribution in [-0.4, -0.2) is 26.2 Å². The van der Waals surface area contributed by atoms with Gasteiger partial charge in [-0.05, 0) is 12.5 Å². The Hall–Kier alpha value is -1.46. The van der Waals surface area contributed by atoms with Crippen molar-refractivity contribution in [2.24, 2.45) is 5.73 Å². The van der Waals surface area contributed by atoms with E-state index in [1.165, 1.54) is 0 Å². The van der Waals surface area contributed by atoms with Crippen LogP contribution in [0.25, 0.3) is 11.0 Å². The maximum atomic E-state index is 9.81. The SMILES string of the molecule is CCCn1c(C(O)CN)nc2cnccc21. The Kier molecular flexibility index (Phi) is 3.17. The Morgan fingerprint density at radius 3 is 3.06 bits per heavy atom. The van der Waals surface area contributed by atoms with E-state index in [2.05, 4.69) is 16.9 Å². The van der Waals surface area contributed by atoms with Gasteiger partial charge in [0.2, 0.25) is 0 Å². The van der Waals surface area contributed by atoms with E-state index < -0.39 is 6.10 Å². The average molecular weight is 220 g/mol. The summed E-state index contributed by atoms with van der Waals surface area (Å²) in [6.45, 7) is 3.10. The highest BCUT2D eigenvalue weighted by Gasteiger charge is 2.16. The minimum Gasteiger partial charge on any atom is -0.384 e. The molecule has 1 atom stereocenters. The van der Waals surface area contributed by atoms with Crippen molar-refractivity contribution in [3.05, 3.63) is 24.3 Å². The number of aliphatic hydroxyl groups is 1. The zero-order valence-corrected chi connectivity index (χ0v) is 9.30. The van der Waals surface area contributed by atoms with Gasteiger partial charge in [0.25, 0.3) is 0 Å². The van der Waals surface area contributed by atoms with Crippen molar-refractivity contribution in [2.45, 2.75) is 26.0 Å². The van der Waals surface area contributed by atoms with Crippen molar-refractivity contribution >= 4 is 11.0 Å². The van der Waals surface area contributed by atoms with Crippen molar-refractivity contribution in [1.82, 2.24) is 14.5 Å². The van der Waals surface area contributed by atoms with Crippen molar-refractivity contribution in [3.8, 4) is 0 Å². The summed E-state index contributed by atoms with van der Waals surface area (Å²) >= 11 is 0. The van der Waals surface area contributed by atoms with E-state index in [1.54, 1.807) is 12.4 Å². The van der Waals surface area contributed by atoms with Gasteiger partial charge >= 0.3 is 0 Å². The van der Waals surface area contributed by atoms with Gasteiger partial charge in [0, 0.05) is 19.3 Å². The van der Waals surface area contributed by atoms with Gasteiger partial charge in [0.05, 0.1) is 11.7 Å². The molecule has 0 radical (unpaired) electrons. The molecule has 0 amide bonds. The molecule has 0 saturated carbocycles. The quantitative estimate of drug-likeness (QED) is 0.800. The Balaban J connectivity index is 2.58. The van der Waals surface area contributed by atoms with Gasteiger partial charge in [-0.2, -0.15) is 0 Å². The van der Waals surface area contributed by atoms with Gasteiger partial charge in [0.15, 0.2) is 0 Å². The van der Waals surface area contributed by atoms with Gasteiger partial charge in [0.1, 0.15) is 17.4 Å². The fraction of sp³-hybridized carbons (Fsp3) is 0.455. The molecule has 5 heteroatoms. The van der Waals surface area contributed by atoms with Crippen LogP contribution in [0.4, 0.5) is 0 Å². The maximum absolute atomic E-state index is 9.81. The minimum absolute atomic E-state index is 0.181. The Morgan fingerprint density at radius 1 is 1.56 bits per heavy atom. The highest BCUT2D eigenvalue weighted by atomic mass is 16.3. The van der Waals surface area contributed by atoms with Gasteiger partial charge in [-0.3, -0.25) is 4.98 Å². The molecule has 3 N–H and O–H groups in total. The summed E-state index contributed by atoms with van der Waals surface area (Å²) in [5.74, 6) is 0.632. The number of fused-ring (bicyclic) bond motifs is 1. The summed E-state index contributed by atoms with van der Waals surface area (Å²) in [5.41, 5.74) is 7.28. The number of nitrogens with zero attached hydrogens (tertiary/aromatic N) is 3. The summed E-state index contributed by atoms with van der Waals surface area (Å²) in [5, 5.41) is 9.81. The van der Waals surface area contributed by atoms with Gasteiger partial charge < -0.3 is 15.4 Å². The molecule has 5 nitrogen and oxygen atoms in total. The predicted octanol–water partition coefficient (Wildman–Crippen LogP) is 0.833. The molecule has 0 saturated heterocycles. The normalized spacial score (nSPS) is 13.2. The third-order valence-electron chi connectivity index (χ3n) is 2.55. The first-order valence-corrected chi connectivity index (χ1v) is 5.46. The standard InChI is InChI=1S/C11H16N4O/c1-2-5-15-9-3-4-13-7-8(9)14-11(15)10(16)6-12/h3-4,7,10,16H,2,5-6,12H2,1H3. The number of nitrogens with two attached hydrogens (primary N) is 1. The smallest absolute Gasteiger partial charge is 0.140 e. The third kappa shape index (κ3) is 1.79. The lowest BCUT2D eigenvalue weighted by Gasteiger charge is -2.11. The van der Waals surface area contributed by atoms with Crippen molar-refractivity contribution in [1.29, 1.82) is 0 Å². The Labute approximate surface area is 93.9 Å². The van der Waals surface area contributed by atoms with E-state index in [9.17, 15) is 5.11 Å². The van der Waals surface area contributed by atoms with Gasteiger partial charge in [-0.25, -0.2) is 4.98 Å². The van der Waals surface area contributed by atoms with E-state index in [-0.39, 0.29) is 6.54 Å². The van der Waals surface area contributed by atoms with Crippen LogP contribution in [-0.2, 0) is 6.54 Å². The van der Waals surface area contributed by atoms with Crippen LogP contribution in [0.3, 0.4) is 0 Å². The molecular weight excluding hydrogens is 204 g/mol. The van der Waals surface area contributed by atoms with Crippen LogP contribution < -0.4 is 5.73 Å². The highest BCUT2D eigenvalue weighted by molar-refractivity contribution is 5.74. The molecule has 1 unspecified atom stereocenters. The number of aromatic nitrogens is 3. The molecule has 0 aliphatic carbocycles. The van der Waals surface area contributed by atoms with Crippen molar-refractivity contribution < 1.29 is 5.11 Å². The number of rotatable bonds is 4. The molecule has 16 heavy (non-hydrogen) atoms. The van der Waals surface area contributed by atoms with E-state index in [0.29, 0.717) is 5.82 Å². The molecule has 0 aliphatic heterocycles. The van der Waals surface area contributed by atoms with E-state index >= 15 is 0 Å². The first kappa shape index (κ1) is 11.0. The number of imidazole rings is 1. The van der Waals surface area contributed by atoms with E-state index in [1.807, 2.05) is 10.6 Å². The zero-order valence-electron chi connectivity index (χ0n) is 9.30. The molecule has 2 aromatic heterocycles. The van der Waals surface area contributed by atoms with Crippen LogP contribution in [0, 0.1) is 0 Å². The second kappa shape index (κ2) is 4.59. The summed E-state index contributed by atoms with van der Waals surface area (Å²) in [6.07, 6.45) is 3.71. The van der Waals surface area contributed by atoms with Gasteiger partial charge in [-0.15, -0.1) is 0 Å². The van der Waals surface area contributed by atoms with Crippen LogP contribution in [0.1, 0.15) is 25.3 Å². The summed E-state index contributed by atoms with van der Waals surface area (Å²) in [6, 6.07) is 1.91. The van der Waals surface area contributed by atoms with Crippen molar-refractivity contribution in [3.63, 3.8) is 0 Å². The number of hydrogen-bond donors (Lipinski definition) is 2. The predicted molar refractivity (Wildman–Crippen MR) is 61.8 cm³/mol. The fourth-order valence-electron chi connectivity index (χ4n) is 1.82. The number of pyridine rings is 1. The molecule has 0 fully saturated rings. The molecule has 86 valence electrons. The fourth-order valence-corrected chi connectivity index (χ4v) is 1.82. The Morgan fingerprint density at radius 2 is 2.38 bits per heavy atom. The molecule has 0 aromatic carbocycles. The molecule has 0 spiro atoms.